The van der Waals surface area contributed by atoms with Crippen LogP contribution in [0.1, 0.15) is 58.8 Å². The van der Waals surface area contributed by atoms with Crippen molar-refractivity contribution in [3.63, 3.8) is 0 Å². The van der Waals surface area contributed by atoms with Gasteiger partial charge in [0, 0.05) is 0 Å². The topological polar surface area (TPSA) is 3.24 Å². The maximum atomic E-state index is 2.76. The van der Waals surface area contributed by atoms with E-state index in [1.54, 1.807) is 28.7 Å². The average molecular weight is 253 g/mol. The molecule has 0 spiro atoms. The summed E-state index contributed by atoms with van der Waals surface area (Å²) in [4.78, 5) is 2.76. The summed E-state index contributed by atoms with van der Waals surface area (Å²) >= 11 is -0.292. The maximum absolute atomic E-state index is 2.76. The Morgan fingerprint density at radius 2 is 1.41 bits per heavy atom. The second-order valence-electron chi connectivity index (χ2n) is 5.84. The zero-order chi connectivity index (χ0) is 12.3. The molecule has 0 aromatic rings. The predicted molar refractivity (Wildman–Crippen MR) is 80.3 cm³/mol. The monoisotopic (exact) mass is 253 g/mol. The summed E-state index contributed by atoms with van der Waals surface area (Å²) in [5, 5.41) is 4.90. The van der Waals surface area contributed by atoms with Crippen LogP contribution in [0.2, 0.25) is 15.8 Å². The van der Waals surface area contributed by atoms with Gasteiger partial charge in [0.15, 0.2) is 0 Å². The van der Waals surface area contributed by atoms with E-state index in [4.69, 9.17) is 0 Å². The quantitative estimate of drug-likeness (QED) is 0.544. The molecule has 0 saturated carbocycles. The lowest BCUT2D eigenvalue weighted by Crippen LogP contribution is -2.30. The summed E-state index contributed by atoms with van der Waals surface area (Å²) < 4.78 is 0. The van der Waals surface area contributed by atoms with E-state index in [9.17, 15) is 0 Å². The first-order chi connectivity index (χ1) is 8.36. The molecule has 1 nitrogen and oxygen atoms in total. The number of nitrogens with zero attached hydrogens (tertiary/aromatic N) is 1. The number of unbranched alkanes of at least 4 members (excludes halogenated alkanes) is 2. The summed E-state index contributed by atoms with van der Waals surface area (Å²) in [6.45, 7) is 8.77. The summed E-state index contributed by atoms with van der Waals surface area (Å²) in [5.74, 6) is 0. The fourth-order valence-corrected chi connectivity index (χ4v) is 6.27. The van der Waals surface area contributed by atoms with E-state index in [1.807, 2.05) is 0 Å². The van der Waals surface area contributed by atoms with E-state index in [0.717, 1.165) is 0 Å². The second-order valence-corrected chi connectivity index (χ2v) is 9.31. The molecule has 1 fully saturated rings. The molecule has 0 aromatic heterocycles. The summed E-state index contributed by atoms with van der Waals surface area (Å²) in [5.41, 5.74) is 0. The minimum absolute atomic E-state index is 0.292. The molecule has 17 heavy (non-hydrogen) atoms. The molecular formula is C15H32AlN. The van der Waals surface area contributed by atoms with Crippen molar-refractivity contribution in [2.75, 3.05) is 19.6 Å². The average Bonchev–Trinajstić information content (AvgIpc) is 2.39. The van der Waals surface area contributed by atoms with Crippen molar-refractivity contribution in [3.8, 4) is 0 Å². The third-order valence-electron chi connectivity index (χ3n) is 4.23. The zero-order valence-electron chi connectivity index (χ0n) is 12.2. The standard InChI is InChI=1S/C10H22N.C5H10.Al/c1-4-7-9-11(6-3)10-8-5-2;1-3-5-4-2;/h3-10H2,1-2H3;1-5H2;. The highest BCUT2D eigenvalue weighted by atomic mass is 27.2. The highest BCUT2D eigenvalue weighted by Crippen LogP contribution is 2.21. The molecule has 0 radical (unpaired) electrons. The van der Waals surface area contributed by atoms with Gasteiger partial charge >= 0.3 is 0 Å². The minimum Gasteiger partial charge on any atom is -0.305 e. The van der Waals surface area contributed by atoms with Crippen molar-refractivity contribution >= 4 is 14.1 Å². The molecule has 0 aromatic carbocycles. The van der Waals surface area contributed by atoms with Crippen molar-refractivity contribution in [2.45, 2.75) is 74.6 Å². The van der Waals surface area contributed by atoms with Crippen LogP contribution >= 0.6 is 0 Å². The van der Waals surface area contributed by atoms with Crippen LogP contribution < -0.4 is 0 Å². The Morgan fingerprint density at radius 3 is 1.94 bits per heavy atom. The van der Waals surface area contributed by atoms with Crippen LogP contribution in [0.3, 0.4) is 0 Å². The summed E-state index contributed by atoms with van der Waals surface area (Å²) in [6.07, 6.45) is 10.1. The molecule has 0 atom stereocenters. The van der Waals surface area contributed by atoms with Gasteiger partial charge in [-0.15, -0.1) is 0 Å². The van der Waals surface area contributed by atoms with Crippen molar-refractivity contribution in [1.29, 1.82) is 0 Å². The smallest absolute Gasteiger partial charge is 0.263 e. The highest BCUT2D eigenvalue weighted by molar-refractivity contribution is 6.59. The van der Waals surface area contributed by atoms with E-state index in [1.165, 1.54) is 51.7 Å². The third-order valence-corrected chi connectivity index (χ3v) is 7.76. The molecule has 0 unspecified atom stereocenters. The van der Waals surface area contributed by atoms with Crippen LogP contribution in [0.5, 0.6) is 0 Å². The van der Waals surface area contributed by atoms with E-state index in [0.29, 0.717) is 0 Å². The molecule has 1 aliphatic heterocycles. The first-order valence-electron chi connectivity index (χ1n) is 8.09. The van der Waals surface area contributed by atoms with Crippen LogP contribution in [0.25, 0.3) is 0 Å². The van der Waals surface area contributed by atoms with E-state index in [-0.39, 0.29) is 14.1 Å². The van der Waals surface area contributed by atoms with Crippen LogP contribution in [0.15, 0.2) is 0 Å². The molecule has 2 heteroatoms. The Bertz CT molecular complexity index is 158. The van der Waals surface area contributed by atoms with Gasteiger partial charge in [-0.1, -0.05) is 61.8 Å². The first kappa shape index (κ1) is 15.5. The van der Waals surface area contributed by atoms with Gasteiger partial charge in [0.2, 0.25) is 0 Å². The van der Waals surface area contributed by atoms with Crippen LogP contribution in [-0.2, 0) is 0 Å². The maximum Gasteiger partial charge on any atom is 0.263 e. The second kappa shape index (κ2) is 10.4. The van der Waals surface area contributed by atoms with Crippen LogP contribution in [-0.4, -0.2) is 38.7 Å². The molecular weight excluding hydrogens is 221 g/mol. The van der Waals surface area contributed by atoms with Gasteiger partial charge in [0.25, 0.3) is 14.1 Å². The fourth-order valence-electron chi connectivity index (χ4n) is 2.94. The molecule has 1 rings (SSSR count). The Kier molecular flexibility index (Phi) is 9.53. The van der Waals surface area contributed by atoms with Crippen molar-refractivity contribution in [3.05, 3.63) is 0 Å². The summed E-state index contributed by atoms with van der Waals surface area (Å²) in [7, 11) is 0. The first-order valence-corrected chi connectivity index (χ1v) is 10.5. The number of hydrogen-bond acceptors (Lipinski definition) is 1. The van der Waals surface area contributed by atoms with E-state index >= 15 is 0 Å². The van der Waals surface area contributed by atoms with Crippen molar-refractivity contribution in [1.82, 2.24) is 4.90 Å². The van der Waals surface area contributed by atoms with Gasteiger partial charge in [-0.2, -0.15) is 0 Å². The van der Waals surface area contributed by atoms with Crippen molar-refractivity contribution in [2.24, 2.45) is 0 Å². The van der Waals surface area contributed by atoms with Crippen LogP contribution in [0.4, 0.5) is 0 Å². The van der Waals surface area contributed by atoms with Gasteiger partial charge in [0.05, 0.1) is 0 Å². The normalized spacial score (nSPS) is 16.8. The zero-order valence-corrected chi connectivity index (χ0v) is 13.4. The Labute approximate surface area is 113 Å². The summed E-state index contributed by atoms with van der Waals surface area (Å²) in [6, 6.07) is 0. The van der Waals surface area contributed by atoms with Gasteiger partial charge in [-0.05, 0) is 32.5 Å². The Balaban J connectivity index is 2.16. The molecule has 100 valence electrons. The third kappa shape index (κ3) is 7.50. The highest BCUT2D eigenvalue weighted by Gasteiger charge is 2.20. The molecule has 0 N–H and O–H groups in total. The molecule has 1 aliphatic rings. The van der Waals surface area contributed by atoms with Gasteiger partial charge < -0.3 is 4.90 Å². The Hall–Kier alpha value is 0.492. The van der Waals surface area contributed by atoms with Crippen molar-refractivity contribution < 1.29 is 0 Å². The predicted octanol–water partition coefficient (Wildman–Crippen LogP) is 4.57. The SMILES string of the molecule is CCCCN(CCCC)C[CH2][Al]1[CH2]CCC[CH2]1. The molecule has 0 aliphatic carbocycles. The van der Waals surface area contributed by atoms with Gasteiger partial charge in [-0.3, -0.25) is 0 Å². The molecule has 0 bridgehead atoms. The molecule has 0 amide bonds. The fraction of sp³-hybridized carbons (Fsp3) is 1.00. The number of hydrogen-bond donors (Lipinski definition) is 0. The van der Waals surface area contributed by atoms with E-state index < -0.39 is 0 Å². The van der Waals surface area contributed by atoms with Gasteiger partial charge in [-0.25, -0.2) is 0 Å². The molecule has 1 saturated heterocycles. The molecule has 1 heterocycles. The largest absolute Gasteiger partial charge is 0.305 e. The van der Waals surface area contributed by atoms with E-state index in [2.05, 4.69) is 18.7 Å². The lowest BCUT2D eigenvalue weighted by Gasteiger charge is -2.24. The minimum atomic E-state index is -0.292. The lowest BCUT2D eigenvalue weighted by atomic mass is 10.2. The van der Waals surface area contributed by atoms with Crippen LogP contribution in [0, 0.1) is 0 Å². The lowest BCUT2D eigenvalue weighted by molar-refractivity contribution is 0.278. The Morgan fingerprint density at radius 1 is 0.824 bits per heavy atom. The van der Waals surface area contributed by atoms with Gasteiger partial charge in [0.1, 0.15) is 0 Å². The number of rotatable bonds is 9.